The van der Waals surface area contributed by atoms with Gasteiger partial charge >= 0.3 is 5.69 Å². The number of nitrogens with zero attached hydrogens (tertiary/aromatic N) is 5. The summed E-state index contributed by atoms with van der Waals surface area (Å²) in [6, 6.07) is 1.99. The predicted molar refractivity (Wildman–Crippen MR) is 75.1 cm³/mol. The minimum atomic E-state index is -0.367. The van der Waals surface area contributed by atoms with Crippen LogP contribution in [0.25, 0.3) is 5.82 Å². The smallest absolute Gasteiger partial charge is 0.258 e. The van der Waals surface area contributed by atoms with Crippen molar-refractivity contribution < 1.29 is 4.92 Å². The second-order valence-corrected chi connectivity index (χ2v) is 4.60. The van der Waals surface area contributed by atoms with Crippen LogP contribution in [0, 0.1) is 10.1 Å². The van der Waals surface area contributed by atoms with Gasteiger partial charge in [0.05, 0.1) is 10.6 Å². The topological polar surface area (TPSA) is 78.8 Å². The van der Waals surface area contributed by atoms with Crippen LogP contribution in [-0.2, 0) is 26.3 Å². The lowest BCUT2D eigenvalue weighted by molar-refractivity contribution is -0.385. The monoisotopic (exact) mass is 277 g/mol. The molecule has 20 heavy (non-hydrogen) atoms. The molecule has 7 nitrogen and oxygen atoms in total. The summed E-state index contributed by atoms with van der Waals surface area (Å²) < 4.78 is 3.20. The lowest BCUT2D eigenvalue weighted by atomic mass is 10.2. The minimum Gasteiger partial charge on any atom is -0.258 e. The summed E-state index contributed by atoms with van der Waals surface area (Å²) in [6.07, 6.45) is 2.08. The zero-order valence-electron chi connectivity index (χ0n) is 12.3. The van der Waals surface area contributed by atoms with Gasteiger partial charge in [-0.25, -0.2) is 9.36 Å². The zero-order chi connectivity index (χ0) is 14.9. The number of rotatable bonds is 5. The van der Waals surface area contributed by atoms with E-state index in [4.69, 9.17) is 0 Å². The molecule has 0 saturated carbocycles. The quantitative estimate of drug-likeness (QED) is 0.620. The number of nitro groups is 1. The van der Waals surface area contributed by atoms with E-state index >= 15 is 0 Å². The van der Waals surface area contributed by atoms with Crippen molar-refractivity contribution in [2.24, 2.45) is 7.05 Å². The fourth-order valence-electron chi connectivity index (χ4n) is 2.30. The minimum absolute atomic E-state index is 0.0513. The van der Waals surface area contributed by atoms with Crippen LogP contribution in [0.2, 0.25) is 0 Å². The molecule has 0 spiro atoms. The molecule has 2 heterocycles. The summed E-state index contributed by atoms with van der Waals surface area (Å²) >= 11 is 0. The van der Waals surface area contributed by atoms with Gasteiger partial charge in [-0.3, -0.25) is 10.1 Å². The normalized spacial score (nSPS) is 11.0. The zero-order valence-corrected chi connectivity index (χ0v) is 12.3. The van der Waals surface area contributed by atoms with Crippen LogP contribution in [0.3, 0.4) is 0 Å². The lowest BCUT2D eigenvalue weighted by Crippen LogP contribution is -2.09. The van der Waals surface area contributed by atoms with Crippen LogP contribution in [0.15, 0.2) is 6.07 Å². The molecule has 2 aromatic rings. The van der Waals surface area contributed by atoms with Crippen molar-refractivity contribution in [2.45, 2.75) is 40.0 Å². The highest BCUT2D eigenvalue weighted by atomic mass is 16.6. The Labute approximate surface area is 117 Å². The highest BCUT2D eigenvalue weighted by Crippen LogP contribution is 2.28. The average Bonchev–Trinajstić information content (AvgIpc) is 2.98. The summed E-state index contributed by atoms with van der Waals surface area (Å²) in [7, 11) is 1.72. The summed E-state index contributed by atoms with van der Waals surface area (Å²) in [4.78, 5) is 11.0. The first-order valence-electron chi connectivity index (χ1n) is 6.81. The molecule has 2 aromatic heterocycles. The van der Waals surface area contributed by atoms with Crippen molar-refractivity contribution in [1.82, 2.24) is 19.6 Å². The third-order valence-electron chi connectivity index (χ3n) is 3.34. The summed E-state index contributed by atoms with van der Waals surface area (Å²) in [5.74, 6) is 0.434. The second-order valence-electron chi connectivity index (χ2n) is 4.60. The van der Waals surface area contributed by atoms with E-state index in [0.29, 0.717) is 17.9 Å². The van der Waals surface area contributed by atoms with Gasteiger partial charge in [-0.2, -0.15) is 10.2 Å². The Morgan fingerprint density at radius 3 is 2.40 bits per heavy atom. The first-order valence-corrected chi connectivity index (χ1v) is 6.81. The lowest BCUT2D eigenvalue weighted by Gasteiger charge is -2.05. The van der Waals surface area contributed by atoms with E-state index < -0.39 is 0 Å². The molecule has 0 aliphatic heterocycles. The van der Waals surface area contributed by atoms with E-state index in [1.54, 1.807) is 16.4 Å². The maximum atomic E-state index is 11.4. The molecule has 0 aromatic carbocycles. The van der Waals surface area contributed by atoms with Crippen LogP contribution in [0.1, 0.15) is 37.9 Å². The molecule has 7 heteroatoms. The van der Waals surface area contributed by atoms with Crippen LogP contribution >= 0.6 is 0 Å². The summed E-state index contributed by atoms with van der Waals surface area (Å²) in [5.41, 5.74) is 2.42. The molecule has 0 fully saturated rings. The van der Waals surface area contributed by atoms with E-state index in [9.17, 15) is 10.1 Å². The fraction of sp³-hybridized carbons (Fsp3) is 0.538. The first kappa shape index (κ1) is 14.2. The number of aryl methyl sites for hydroxylation is 4. The average molecular weight is 277 g/mol. The van der Waals surface area contributed by atoms with Crippen molar-refractivity contribution in [2.75, 3.05) is 0 Å². The molecule has 0 aliphatic carbocycles. The van der Waals surface area contributed by atoms with Gasteiger partial charge in [0.15, 0.2) is 0 Å². The third kappa shape index (κ3) is 2.19. The highest BCUT2D eigenvalue weighted by Gasteiger charge is 2.28. The van der Waals surface area contributed by atoms with E-state index in [1.165, 1.54) is 0 Å². The van der Waals surface area contributed by atoms with Crippen molar-refractivity contribution >= 4 is 5.69 Å². The molecule has 108 valence electrons. The van der Waals surface area contributed by atoms with Gasteiger partial charge in [-0.05, 0) is 25.3 Å². The summed E-state index contributed by atoms with van der Waals surface area (Å²) in [6.45, 7) is 5.89. The molecule has 0 saturated heterocycles. The van der Waals surface area contributed by atoms with E-state index in [1.807, 2.05) is 26.8 Å². The molecule has 0 amide bonds. The SMILES string of the molecule is CCc1cc(CC)n(-c2c([N+](=O)[O-])c(CC)nn2C)n1. The van der Waals surface area contributed by atoms with E-state index in [2.05, 4.69) is 10.2 Å². The summed E-state index contributed by atoms with van der Waals surface area (Å²) in [5, 5.41) is 20.1. The Balaban J connectivity index is 2.71. The second kappa shape index (κ2) is 5.44. The van der Waals surface area contributed by atoms with Gasteiger partial charge in [-0.1, -0.05) is 20.8 Å². The Bertz CT molecular complexity index is 641. The fourth-order valence-corrected chi connectivity index (χ4v) is 2.30. The van der Waals surface area contributed by atoms with Crippen molar-refractivity contribution in [1.29, 1.82) is 0 Å². The van der Waals surface area contributed by atoms with Crippen molar-refractivity contribution in [3.8, 4) is 5.82 Å². The Morgan fingerprint density at radius 1 is 1.20 bits per heavy atom. The van der Waals surface area contributed by atoms with Crippen LogP contribution in [-0.4, -0.2) is 24.5 Å². The molecule has 0 N–H and O–H groups in total. The first-order chi connectivity index (χ1) is 9.53. The van der Waals surface area contributed by atoms with E-state index in [-0.39, 0.29) is 10.6 Å². The molecule has 0 radical (unpaired) electrons. The van der Waals surface area contributed by atoms with Crippen LogP contribution in [0.5, 0.6) is 0 Å². The maximum absolute atomic E-state index is 11.4. The van der Waals surface area contributed by atoms with Crippen molar-refractivity contribution in [3.05, 3.63) is 33.3 Å². The molecular weight excluding hydrogens is 258 g/mol. The van der Waals surface area contributed by atoms with E-state index in [0.717, 1.165) is 24.2 Å². The molecule has 0 atom stereocenters. The molecule has 0 bridgehead atoms. The number of hydrogen-bond acceptors (Lipinski definition) is 4. The van der Waals surface area contributed by atoms with Crippen molar-refractivity contribution in [3.63, 3.8) is 0 Å². The molecule has 0 aliphatic rings. The van der Waals surface area contributed by atoms with Gasteiger partial charge in [0.1, 0.15) is 5.69 Å². The molecule has 0 unspecified atom stereocenters. The largest absolute Gasteiger partial charge is 0.336 e. The number of hydrogen-bond donors (Lipinski definition) is 0. The number of aromatic nitrogens is 4. The van der Waals surface area contributed by atoms with Gasteiger partial charge in [0.25, 0.3) is 0 Å². The molecular formula is C13H19N5O2. The maximum Gasteiger partial charge on any atom is 0.336 e. The van der Waals surface area contributed by atoms with Crippen LogP contribution in [0.4, 0.5) is 5.69 Å². The Kier molecular flexibility index (Phi) is 3.87. The standard InChI is InChI=1S/C13H19N5O2/c1-5-9-8-10(6-2)17(14-9)13-12(18(19)20)11(7-3)15-16(13)4/h8H,5-7H2,1-4H3. The molecule has 2 rings (SSSR count). The van der Waals surface area contributed by atoms with Gasteiger partial charge in [0.2, 0.25) is 5.82 Å². The predicted octanol–water partition coefficient (Wildman–Crippen LogP) is 2.20. The van der Waals surface area contributed by atoms with Crippen LogP contribution < -0.4 is 0 Å². The highest BCUT2D eigenvalue weighted by molar-refractivity contribution is 5.52. The van der Waals surface area contributed by atoms with Gasteiger partial charge in [0, 0.05) is 12.7 Å². The van der Waals surface area contributed by atoms with Gasteiger partial charge < -0.3 is 0 Å². The Hall–Kier alpha value is -2.18. The third-order valence-corrected chi connectivity index (χ3v) is 3.34. The van der Waals surface area contributed by atoms with Gasteiger partial charge in [-0.15, -0.1) is 0 Å². The Morgan fingerprint density at radius 2 is 1.90 bits per heavy atom.